The average Bonchev–Trinajstić information content (AvgIpc) is 3.39. The van der Waals surface area contributed by atoms with Gasteiger partial charge in [0.15, 0.2) is 0 Å². The molecule has 0 saturated carbocycles. The van der Waals surface area contributed by atoms with Crippen LogP contribution in [0.5, 0.6) is 5.75 Å². The number of halogens is 1. The zero-order valence-corrected chi connectivity index (χ0v) is 19.4. The summed E-state index contributed by atoms with van der Waals surface area (Å²) in [6.45, 7) is 0.0102. The molecule has 0 radical (unpaired) electrons. The Bertz CT molecular complexity index is 1800. The Labute approximate surface area is 208 Å². The fraction of sp³-hybridized carbons (Fsp3) is 0.0741. The van der Waals surface area contributed by atoms with Crippen molar-refractivity contribution in [3.05, 3.63) is 105 Å². The summed E-state index contributed by atoms with van der Waals surface area (Å²) in [5.41, 5.74) is 2.66. The van der Waals surface area contributed by atoms with Gasteiger partial charge in [-0.3, -0.25) is 19.3 Å². The summed E-state index contributed by atoms with van der Waals surface area (Å²) >= 11 is 0. The molecule has 6 rings (SSSR count). The number of hydrogen-bond donors (Lipinski definition) is 1. The summed E-state index contributed by atoms with van der Waals surface area (Å²) in [5.74, 6) is -0.662. The van der Waals surface area contributed by atoms with E-state index in [-0.39, 0.29) is 23.9 Å². The highest BCUT2D eigenvalue weighted by Crippen LogP contribution is 2.28. The van der Waals surface area contributed by atoms with Crippen molar-refractivity contribution in [2.24, 2.45) is 5.10 Å². The smallest absolute Gasteiger partial charge is 0.298 e. The second-order valence-corrected chi connectivity index (χ2v) is 8.49. The summed E-state index contributed by atoms with van der Waals surface area (Å²) in [6.07, 6.45) is 2.73. The molecule has 10 heteroatoms. The van der Waals surface area contributed by atoms with Crippen molar-refractivity contribution in [3.8, 4) is 5.75 Å². The minimum Gasteiger partial charge on any atom is -0.496 e. The molecule has 2 aromatic heterocycles. The number of H-pyrrole nitrogens is 1. The van der Waals surface area contributed by atoms with Crippen molar-refractivity contribution in [2.75, 3.05) is 7.11 Å². The second-order valence-electron chi connectivity index (χ2n) is 8.49. The van der Waals surface area contributed by atoms with Gasteiger partial charge in [-0.2, -0.15) is 9.78 Å². The number of carbonyl (C=O) groups excluding carboxylic acids is 2. The Kier molecular flexibility index (Phi) is 5.15. The molecule has 37 heavy (non-hydrogen) atoms. The highest BCUT2D eigenvalue weighted by Gasteiger charge is 2.35. The Balaban J connectivity index is 1.32. The molecule has 9 nitrogen and oxygen atoms in total. The summed E-state index contributed by atoms with van der Waals surface area (Å²) < 4.78 is 20.2. The number of ether oxygens (including phenoxy) is 1. The van der Waals surface area contributed by atoms with Gasteiger partial charge in [0, 0.05) is 16.5 Å². The van der Waals surface area contributed by atoms with E-state index in [2.05, 4.69) is 15.1 Å². The van der Waals surface area contributed by atoms with E-state index in [1.54, 1.807) is 48.5 Å². The van der Waals surface area contributed by atoms with Gasteiger partial charge >= 0.3 is 0 Å². The largest absolute Gasteiger partial charge is 0.496 e. The number of imide groups is 1. The maximum Gasteiger partial charge on any atom is 0.298 e. The van der Waals surface area contributed by atoms with Crippen LogP contribution in [0.3, 0.4) is 0 Å². The van der Waals surface area contributed by atoms with Crippen molar-refractivity contribution in [3.63, 3.8) is 0 Å². The molecule has 0 fully saturated rings. The van der Waals surface area contributed by atoms with E-state index in [0.29, 0.717) is 44.4 Å². The lowest BCUT2D eigenvalue weighted by Crippen LogP contribution is -2.29. The number of hydrogen-bond acceptors (Lipinski definition) is 6. The van der Waals surface area contributed by atoms with Gasteiger partial charge in [-0.15, -0.1) is 0 Å². The van der Waals surface area contributed by atoms with E-state index in [1.807, 2.05) is 0 Å². The number of amides is 2. The molecule has 0 aliphatic carbocycles. The molecule has 1 N–H and O–H groups in total. The minimum absolute atomic E-state index is 0.0102. The second kappa shape index (κ2) is 8.52. The zero-order valence-electron chi connectivity index (χ0n) is 19.4. The topological polar surface area (TPSA) is 110 Å². The molecule has 1 aliphatic rings. The maximum atomic E-state index is 13.7. The van der Waals surface area contributed by atoms with Crippen LogP contribution in [0.15, 0.2) is 76.9 Å². The van der Waals surface area contributed by atoms with Gasteiger partial charge in [0.2, 0.25) is 0 Å². The molecule has 2 amide bonds. The zero-order chi connectivity index (χ0) is 25.7. The maximum absolute atomic E-state index is 13.7. The Morgan fingerprint density at radius 1 is 1.03 bits per heavy atom. The van der Waals surface area contributed by atoms with Gasteiger partial charge in [0.05, 0.1) is 31.0 Å². The van der Waals surface area contributed by atoms with Crippen LogP contribution >= 0.6 is 0 Å². The predicted octanol–water partition coefficient (Wildman–Crippen LogP) is 3.70. The number of nitrogens with zero attached hydrogens (tertiary/aromatic N) is 4. The monoisotopic (exact) mass is 495 g/mol. The van der Waals surface area contributed by atoms with Gasteiger partial charge in [0.1, 0.15) is 28.9 Å². The van der Waals surface area contributed by atoms with E-state index in [9.17, 15) is 18.8 Å². The first kappa shape index (κ1) is 22.4. The average molecular weight is 495 g/mol. The Morgan fingerprint density at radius 2 is 1.78 bits per heavy atom. The van der Waals surface area contributed by atoms with Crippen LogP contribution in [-0.4, -0.2) is 44.7 Å². The third-order valence-corrected chi connectivity index (χ3v) is 6.29. The third-order valence-electron chi connectivity index (χ3n) is 6.29. The van der Waals surface area contributed by atoms with Crippen molar-refractivity contribution in [1.82, 2.24) is 19.5 Å². The highest BCUT2D eigenvalue weighted by atomic mass is 19.1. The summed E-state index contributed by atoms with van der Waals surface area (Å²) in [6, 6.07) is 16.0. The molecule has 3 heterocycles. The fourth-order valence-electron chi connectivity index (χ4n) is 4.48. The minimum atomic E-state index is -0.447. The molecule has 0 spiro atoms. The Morgan fingerprint density at radius 3 is 2.51 bits per heavy atom. The van der Waals surface area contributed by atoms with E-state index in [4.69, 9.17) is 4.74 Å². The van der Waals surface area contributed by atoms with Gasteiger partial charge in [-0.1, -0.05) is 12.1 Å². The van der Waals surface area contributed by atoms with E-state index in [0.717, 1.165) is 4.68 Å². The van der Waals surface area contributed by atoms with E-state index in [1.165, 1.54) is 36.7 Å². The first-order chi connectivity index (χ1) is 17.9. The summed E-state index contributed by atoms with van der Waals surface area (Å²) in [5, 5.41) is 4.75. The molecular weight excluding hydrogens is 477 g/mol. The van der Waals surface area contributed by atoms with Crippen molar-refractivity contribution >= 4 is 40.0 Å². The van der Waals surface area contributed by atoms with Crippen molar-refractivity contribution in [1.29, 1.82) is 0 Å². The van der Waals surface area contributed by atoms with Crippen LogP contribution in [0.4, 0.5) is 4.39 Å². The lowest BCUT2D eigenvalue weighted by Gasteiger charge is -2.16. The normalized spacial score (nSPS) is 13.3. The molecule has 5 aromatic rings. The lowest BCUT2D eigenvalue weighted by atomic mass is 10.1. The van der Waals surface area contributed by atoms with Gasteiger partial charge in [-0.05, 0) is 54.1 Å². The summed E-state index contributed by atoms with van der Waals surface area (Å²) in [4.78, 5) is 47.0. The van der Waals surface area contributed by atoms with E-state index >= 15 is 0 Å². The van der Waals surface area contributed by atoms with Crippen LogP contribution in [-0.2, 0) is 6.54 Å². The quantitative estimate of drug-likeness (QED) is 0.295. The molecule has 0 atom stereocenters. The molecule has 0 saturated heterocycles. The summed E-state index contributed by atoms with van der Waals surface area (Å²) in [7, 11) is 1.50. The lowest BCUT2D eigenvalue weighted by molar-refractivity contribution is 0.0641. The van der Waals surface area contributed by atoms with Gasteiger partial charge < -0.3 is 9.72 Å². The SMILES string of the molecule is COc1ccc(/C=N/n2cnc3c([nH]c4ccc(F)cc43)c2=O)cc1CN1C(=O)c2ccccc2C1=O. The number of aromatic amines is 1. The third kappa shape index (κ3) is 3.66. The number of benzene rings is 3. The predicted molar refractivity (Wildman–Crippen MR) is 134 cm³/mol. The molecule has 0 unspecified atom stereocenters. The van der Waals surface area contributed by atoms with E-state index < -0.39 is 11.4 Å². The van der Waals surface area contributed by atoms with Crippen LogP contribution in [0, 0.1) is 5.82 Å². The van der Waals surface area contributed by atoms with Gasteiger partial charge in [-0.25, -0.2) is 9.37 Å². The molecule has 182 valence electrons. The van der Waals surface area contributed by atoms with Crippen LogP contribution in [0.2, 0.25) is 0 Å². The molecular formula is C27H18FN5O4. The van der Waals surface area contributed by atoms with Crippen molar-refractivity contribution in [2.45, 2.75) is 6.54 Å². The first-order valence-corrected chi connectivity index (χ1v) is 11.3. The number of nitrogens with one attached hydrogen (secondary N) is 1. The van der Waals surface area contributed by atoms with Crippen LogP contribution < -0.4 is 10.3 Å². The molecule has 0 bridgehead atoms. The fourth-order valence-corrected chi connectivity index (χ4v) is 4.48. The van der Waals surface area contributed by atoms with Crippen LogP contribution in [0.1, 0.15) is 31.8 Å². The molecule has 1 aliphatic heterocycles. The van der Waals surface area contributed by atoms with Gasteiger partial charge in [0.25, 0.3) is 17.4 Å². The molecule has 3 aromatic carbocycles. The van der Waals surface area contributed by atoms with Crippen LogP contribution in [0.25, 0.3) is 21.9 Å². The standard InChI is InChI=1S/C27H18FN5O4/c1-37-22-9-6-15(10-16(22)13-32-25(34)18-4-2-3-5-19(18)26(32)35)12-30-33-14-29-23-20-11-17(28)7-8-21(20)31-24(23)27(33)36/h2-12,14,31H,13H2,1H3/b30-12+. The number of aromatic nitrogens is 3. The van der Waals surface area contributed by atoms with Crippen molar-refractivity contribution < 1.29 is 18.7 Å². The number of fused-ring (bicyclic) bond motifs is 4. The highest BCUT2D eigenvalue weighted by molar-refractivity contribution is 6.21. The number of carbonyl (C=O) groups is 2. The first-order valence-electron chi connectivity index (χ1n) is 11.3. The number of rotatable bonds is 5. The Hall–Kier alpha value is -5.12. The number of methoxy groups -OCH3 is 1.